The number of ether oxygens (including phenoxy) is 1. The number of aromatic amines is 1. The maximum Gasteiger partial charge on any atom is 0.347 e. The third kappa shape index (κ3) is 4.68. The van der Waals surface area contributed by atoms with Crippen LogP contribution in [0.2, 0.25) is 0 Å². The zero-order valence-electron chi connectivity index (χ0n) is 21.4. The minimum Gasteiger partial charge on any atom is -0.378 e. The van der Waals surface area contributed by atoms with E-state index in [2.05, 4.69) is 14.9 Å². The predicted octanol–water partition coefficient (Wildman–Crippen LogP) is 3.24. The molecule has 0 aliphatic carbocycles. The van der Waals surface area contributed by atoms with Gasteiger partial charge in [-0.25, -0.2) is 9.36 Å². The van der Waals surface area contributed by atoms with Crippen LogP contribution >= 0.6 is 0 Å². The van der Waals surface area contributed by atoms with E-state index in [0.717, 1.165) is 86.4 Å². The van der Waals surface area contributed by atoms with E-state index in [9.17, 15) is 9.59 Å². The first kappa shape index (κ1) is 23.9. The van der Waals surface area contributed by atoms with Gasteiger partial charge in [-0.3, -0.25) is 15.1 Å². The Labute approximate surface area is 216 Å². The second-order valence-electron chi connectivity index (χ2n) is 10.5. The van der Waals surface area contributed by atoms with E-state index in [0.29, 0.717) is 18.8 Å². The lowest BCUT2D eigenvalue weighted by atomic mass is 10.0. The molecule has 37 heavy (non-hydrogen) atoms. The molecule has 3 saturated heterocycles. The first-order valence-corrected chi connectivity index (χ1v) is 13.5. The summed E-state index contributed by atoms with van der Waals surface area (Å²) in [5.41, 5.74) is 3.29. The first-order valence-electron chi connectivity index (χ1n) is 13.5. The Morgan fingerprint density at radius 2 is 1.84 bits per heavy atom. The topological polar surface area (TPSA) is 94.4 Å². The number of pyridine rings is 1. The van der Waals surface area contributed by atoms with Crippen LogP contribution in [-0.2, 0) is 4.74 Å². The maximum absolute atomic E-state index is 13.3. The molecule has 0 saturated carbocycles. The number of urea groups is 1. The van der Waals surface area contributed by atoms with Crippen LogP contribution in [0, 0.1) is 6.92 Å². The number of piperidine rings is 1. The molecule has 1 atom stereocenters. The molecule has 3 aliphatic rings. The summed E-state index contributed by atoms with van der Waals surface area (Å²) in [6.45, 7) is 6.54. The summed E-state index contributed by atoms with van der Waals surface area (Å²) >= 11 is 0. The van der Waals surface area contributed by atoms with E-state index >= 15 is 0 Å². The number of likely N-dealkylation sites (tertiary alicyclic amines) is 2. The zero-order valence-corrected chi connectivity index (χ0v) is 21.4. The van der Waals surface area contributed by atoms with Crippen LogP contribution in [0.25, 0.3) is 22.2 Å². The van der Waals surface area contributed by atoms with Crippen molar-refractivity contribution in [3.05, 3.63) is 52.4 Å². The van der Waals surface area contributed by atoms with Crippen molar-refractivity contribution >= 4 is 23.0 Å². The molecule has 3 aliphatic heterocycles. The number of carbonyl (C=O) groups is 1. The number of hydrogen-bond donors (Lipinski definition) is 2. The van der Waals surface area contributed by atoms with E-state index < -0.39 is 0 Å². The number of hydrogen-bond acceptors (Lipinski definition) is 5. The quantitative estimate of drug-likeness (QED) is 0.533. The summed E-state index contributed by atoms with van der Waals surface area (Å²) < 4.78 is 7.83. The first-order chi connectivity index (χ1) is 18.1. The fourth-order valence-corrected chi connectivity index (χ4v) is 5.90. The molecular weight excluding hydrogens is 468 g/mol. The van der Waals surface area contributed by atoms with Crippen molar-refractivity contribution in [3.63, 3.8) is 0 Å². The van der Waals surface area contributed by atoms with Gasteiger partial charge in [0.1, 0.15) is 6.20 Å². The number of carbonyl (C=O) groups excluding carboxylic acids is 1. The number of aryl methyl sites for hydroxylation is 1. The smallest absolute Gasteiger partial charge is 0.347 e. The molecule has 0 spiro atoms. The number of amides is 2. The molecule has 6 rings (SSSR count). The number of aromatic nitrogens is 3. The van der Waals surface area contributed by atoms with Crippen molar-refractivity contribution in [3.8, 4) is 11.1 Å². The highest BCUT2D eigenvalue weighted by Crippen LogP contribution is 2.25. The number of fused-ring (bicyclic) bond motifs is 1. The molecule has 1 unspecified atom stereocenters. The van der Waals surface area contributed by atoms with E-state index in [4.69, 9.17) is 9.72 Å². The third-order valence-corrected chi connectivity index (χ3v) is 8.03. The molecule has 2 aromatic heterocycles. The second-order valence-corrected chi connectivity index (χ2v) is 10.5. The standard InChI is InChI=1S/C28H34N6O3/c1-19-6-2-3-7-23(19)24-16-20-17-29-27(34(22-10-15-37-18-22)25(20)31-26(24)35)30-21-8-13-33(14-9-21)28(36)32-11-4-5-12-32/h2-3,6-7,16-17,21-22H,4-5,8-15,18H2,1H3,(H,29,30,31,35)/p+1. The highest BCUT2D eigenvalue weighted by Gasteiger charge is 2.32. The van der Waals surface area contributed by atoms with Crippen molar-refractivity contribution in [2.24, 2.45) is 0 Å². The van der Waals surface area contributed by atoms with Gasteiger partial charge in [-0.05, 0) is 49.8 Å². The molecule has 3 aromatic rings. The lowest BCUT2D eigenvalue weighted by Gasteiger charge is -2.34. The maximum atomic E-state index is 13.3. The molecule has 2 amide bonds. The molecule has 1 aromatic carbocycles. The van der Waals surface area contributed by atoms with Gasteiger partial charge in [0.05, 0.1) is 29.6 Å². The van der Waals surface area contributed by atoms with Crippen molar-refractivity contribution in [1.82, 2.24) is 19.8 Å². The Balaban J connectivity index is 1.28. The monoisotopic (exact) mass is 503 g/mol. The number of nitrogens with one attached hydrogen (secondary N) is 2. The third-order valence-electron chi connectivity index (χ3n) is 8.03. The average Bonchev–Trinajstić information content (AvgIpc) is 3.64. The normalized spacial score (nSPS) is 20.6. The molecule has 3 fully saturated rings. The van der Waals surface area contributed by atoms with Gasteiger partial charge in [0, 0.05) is 39.2 Å². The Hall–Kier alpha value is -3.46. The fourth-order valence-electron chi connectivity index (χ4n) is 5.90. The van der Waals surface area contributed by atoms with E-state index in [1.54, 1.807) is 0 Å². The minimum atomic E-state index is -0.111. The molecule has 9 nitrogen and oxygen atoms in total. The number of benzene rings is 1. The molecule has 9 heteroatoms. The second kappa shape index (κ2) is 10.1. The Morgan fingerprint density at radius 3 is 2.57 bits per heavy atom. The lowest BCUT2D eigenvalue weighted by molar-refractivity contribution is -0.686. The van der Waals surface area contributed by atoms with Gasteiger partial charge in [-0.2, -0.15) is 0 Å². The predicted molar refractivity (Wildman–Crippen MR) is 142 cm³/mol. The Kier molecular flexibility index (Phi) is 6.54. The van der Waals surface area contributed by atoms with Crippen molar-refractivity contribution in [2.45, 2.75) is 51.1 Å². The van der Waals surface area contributed by atoms with Crippen LogP contribution in [-0.4, -0.2) is 71.2 Å². The summed E-state index contributed by atoms with van der Waals surface area (Å²) in [7, 11) is 0. The van der Waals surface area contributed by atoms with Gasteiger partial charge in [0.15, 0.2) is 0 Å². The largest absolute Gasteiger partial charge is 0.378 e. The highest BCUT2D eigenvalue weighted by molar-refractivity contribution is 5.79. The van der Waals surface area contributed by atoms with Crippen molar-refractivity contribution < 1.29 is 14.1 Å². The molecular formula is C28H35N6O3+. The molecule has 5 heterocycles. The summed E-state index contributed by atoms with van der Waals surface area (Å²) in [6, 6.07) is 10.4. The van der Waals surface area contributed by atoms with Crippen LogP contribution in [0.3, 0.4) is 0 Å². The molecule has 0 radical (unpaired) electrons. The van der Waals surface area contributed by atoms with Gasteiger partial charge in [-0.1, -0.05) is 24.3 Å². The van der Waals surface area contributed by atoms with Crippen LogP contribution in [0.1, 0.15) is 43.7 Å². The lowest BCUT2D eigenvalue weighted by Crippen LogP contribution is -2.50. The number of anilines is 1. The molecule has 2 N–H and O–H groups in total. The number of H-pyrrole nitrogens is 1. The molecule has 0 bridgehead atoms. The van der Waals surface area contributed by atoms with Gasteiger partial charge in [0.25, 0.3) is 5.56 Å². The van der Waals surface area contributed by atoms with E-state index in [1.165, 1.54) is 0 Å². The van der Waals surface area contributed by atoms with Crippen LogP contribution in [0.4, 0.5) is 10.7 Å². The summed E-state index contributed by atoms with van der Waals surface area (Å²) in [4.78, 5) is 38.0. The Bertz CT molecular complexity index is 1350. The number of rotatable bonds is 4. The van der Waals surface area contributed by atoms with Crippen LogP contribution in [0.15, 0.2) is 41.3 Å². The summed E-state index contributed by atoms with van der Waals surface area (Å²) in [6.07, 6.45) is 6.65. The Morgan fingerprint density at radius 1 is 1.08 bits per heavy atom. The summed E-state index contributed by atoms with van der Waals surface area (Å²) in [5.74, 6) is 0.742. The van der Waals surface area contributed by atoms with E-state index in [1.807, 2.05) is 53.3 Å². The van der Waals surface area contributed by atoms with E-state index in [-0.39, 0.29) is 23.7 Å². The fraction of sp³-hybridized carbons (Fsp3) is 0.500. The van der Waals surface area contributed by atoms with Crippen molar-refractivity contribution in [2.75, 3.05) is 44.7 Å². The van der Waals surface area contributed by atoms with Gasteiger partial charge >= 0.3 is 12.0 Å². The molecule has 194 valence electrons. The minimum absolute atomic E-state index is 0.0931. The average molecular weight is 504 g/mol. The van der Waals surface area contributed by atoms with Gasteiger partial charge in [0.2, 0.25) is 5.65 Å². The van der Waals surface area contributed by atoms with Crippen molar-refractivity contribution in [1.29, 1.82) is 0 Å². The summed E-state index contributed by atoms with van der Waals surface area (Å²) in [5, 5.41) is 4.54. The van der Waals surface area contributed by atoms with Gasteiger partial charge in [-0.15, -0.1) is 4.98 Å². The highest BCUT2D eigenvalue weighted by atomic mass is 16.5. The van der Waals surface area contributed by atoms with Crippen LogP contribution in [0.5, 0.6) is 0 Å². The van der Waals surface area contributed by atoms with Gasteiger partial charge < -0.3 is 14.5 Å². The van der Waals surface area contributed by atoms with Crippen LogP contribution < -0.4 is 15.4 Å². The number of nitrogens with zero attached hydrogens (tertiary/aromatic N) is 4. The zero-order chi connectivity index (χ0) is 25.4. The SMILES string of the molecule is Cc1ccccc1-c1cc2cnc(NC3CCN(C(=O)N4CCCC4)CC3)[n+](C3CCOC3)c2[nH]c1=O.